The number of H-pyrrole nitrogens is 3. The summed E-state index contributed by atoms with van der Waals surface area (Å²) < 4.78 is 65.7. The molecule has 11 heterocycles. The van der Waals surface area contributed by atoms with Crippen molar-refractivity contribution in [1.82, 2.24) is 28.7 Å². The summed E-state index contributed by atoms with van der Waals surface area (Å²) in [5.41, 5.74) is 0.114. The molecule has 0 saturated carbocycles. The largest absolute Gasteiger partial charge is 0.414 e. The van der Waals surface area contributed by atoms with E-state index in [1.165, 1.54) is 43.1 Å². The van der Waals surface area contributed by atoms with E-state index in [9.17, 15) is 39.0 Å². The topological polar surface area (TPSA) is 308 Å². The molecule has 0 aromatic carbocycles. The molecule has 6 aromatic heterocycles. The number of aliphatic hydroxyl groups excluding tert-OH is 3. The van der Waals surface area contributed by atoms with E-state index in [1.807, 2.05) is 5.38 Å². The van der Waals surface area contributed by atoms with E-state index in [2.05, 4.69) is 126 Å². The first-order valence-electron chi connectivity index (χ1n) is 30.5. The van der Waals surface area contributed by atoms with Gasteiger partial charge in [-0.25, -0.2) is 14.4 Å². The van der Waals surface area contributed by atoms with Crippen molar-refractivity contribution in [2.75, 3.05) is 19.8 Å². The normalized spacial score (nSPS) is 27.7. The lowest BCUT2D eigenvalue weighted by atomic mass is 10.1. The van der Waals surface area contributed by atoms with Crippen molar-refractivity contribution < 1.29 is 55.5 Å². The second-order valence-electron chi connectivity index (χ2n) is 26.0. The Bertz CT molecular complexity index is 3760. The van der Waals surface area contributed by atoms with Crippen molar-refractivity contribution in [3.05, 3.63) is 96.9 Å². The van der Waals surface area contributed by atoms with Crippen LogP contribution in [-0.2, 0) is 40.1 Å². The van der Waals surface area contributed by atoms with Crippen LogP contribution >= 0.6 is 34.0 Å². The number of aromatic nitrogens is 6. The Hall–Kier alpha value is -3.69. The van der Waals surface area contributed by atoms with Crippen molar-refractivity contribution >= 4 is 98.9 Å². The molecule has 88 heavy (non-hydrogen) atoms. The van der Waals surface area contributed by atoms with Crippen LogP contribution in [0.2, 0.25) is 44.3 Å². The Balaban J connectivity index is 0.000000164. The van der Waals surface area contributed by atoms with Crippen molar-refractivity contribution in [3.8, 4) is 0 Å². The minimum Gasteiger partial charge on any atom is -0.414 e. The van der Waals surface area contributed by atoms with Gasteiger partial charge in [0, 0.05) is 12.8 Å². The molecule has 6 aromatic rings. The molecule has 5 saturated heterocycles. The summed E-state index contributed by atoms with van der Waals surface area (Å²) >= 11 is 3.79. The van der Waals surface area contributed by atoms with Crippen LogP contribution in [0.25, 0.3) is 30.6 Å². The molecular weight excluding hydrogens is 1270 g/mol. The zero-order chi connectivity index (χ0) is 64.4. The fourth-order valence-electron chi connectivity index (χ4n) is 13.5. The summed E-state index contributed by atoms with van der Waals surface area (Å²) in [4.78, 5) is 80.9. The van der Waals surface area contributed by atoms with Crippen LogP contribution in [0, 0.1) is 0 Å². The predicted molar refractivity (Wildman–Crippen MR) is 348 cm³/mol. The minimum absolute atomic E-state index is 0.0971. The zero-order valence-electron chi connectivity index (χ0n) is 52.9. The average Bonchev–Trinajstić information content (AvgIpc) is 1.55. The number of ether oxygens (including phenoxy) is 3. The second kappa shape index (κ2) is 26.7. The molecule has 0 amide bonds. The molecule has 10 atom stereocenters. The Morgan fingerprint density at radius 3 is 1.26 bits per heavy atom. The summed E-state index contributed by atoms with van der Waals surface area (Å²) in [6, 6.07) is 5.17. The third kappa shape index (κ3) is 12.3. The van der Waals surface area contributed by atoms with E-state index in [0.29, 0.717) is 43.7 Å². The standard InChI is InChI=1S/C23H38N2O7SSi2.C23H38N2O6SSi2.C11H12N2O5S/c1-12(2)34(13(3)4)29-11-17-19(31-35(32-34,14(5)6)15(7)8)18(26)22(30-17)25-16-9-10-33-20(16)21(27)24-23(25)28;1-13(2)33(14(3)4)28-12-19-18(30-34(31-33,15(5)6)16(7)8)11-20(29-19)25-17-9-10-32-21(17)22(26)24-23(25)27;14-4-7-6(15)3-8(18-7)13-5-1-2-19-9(5)10(16)12-11(13)17/h9-10,12-15,17-19,22,26H,11H2,1-8H3,(H,24,27,28);9-10,13-16,18-20H,11-12H2,1-8H3,(H,24,26,27);1-2,6-8,14-15H,3-4H2,(H,12,16,17)/t17-,18?,19?,22-;18?,19-,20-;6?,7-,8-/m111/s1. The van der Waals surface area contributed by atoms with Crippen molar-refractivity contribution in [2.24, 2.45) is 0 Å². The van der Waals surface area contributed by atoms with Gasteiger partial charge in [-0.15, -0.1) is 34.0 Å². The first kappa shape index (κ1) is 68.7. The molecule has 5 aliphatic heterocycles. The maximum atomic E-state index is 12.9. The van der Waals surface area contributed by atoms with Gasteiger partial charge in [-0.2, -0.15) is 0 Å². The number of nitrogens with zero attached hydrogens (tertiary/aromatic N) is 3. The number of hydrogen-bond acceptors (Lipinski definition) is 21. The highest BCUT2D eigenvalue weighted by molar-refractivity contribution is 7.17. The Morgan fingerprint density at radius 2 is 0.864 bits per heavy atom. The number of aliphatic hydroxyl groups is 3. The third-order valence-electron chi connectivity index (χ3n) is 18.0. The van der Waals surface area contributed by atoms with Gasteiger partial charge in [0.05, 0.1) is 48.6 Å². The highest BCUT2D eigenvalue weighted by Gasteiger charge is 2.63. The lowest BCUT2D eigenvalue weighted by Gasteiger charge is -2.51. The van der Waals surface area contributed by atoms with Crippen molar-refractivity contribution in [2.45, 2.75) is 229 Å². The molecule has 5 aliphatic rings. The molecule has 0 radical (unpaired) electrons. The number of rotatable bonds is 12. The van der Waals surface area contributed by atoms with E-state index < -0.39 is 112 Å². The number of fused-ring (bicyclic) bond motifs is 5. The van der Waals surface area contributed by atoms with E-state index in [-0.39, 0.29) is 81.7 Å². The lowest BCUT2D eigenvalue weighted by Crippen LogP contribution is -2.65. The highest BCUT2D eigenvalue weighted by atomic mass is 32.1. The van der Waals surface area contributed by atoms with Gasteiger partial charge >= 0.3 is 51.3 Å². The predicted octanol–water partition coefficient (Wildman–Crippen LogP) is 8.35. The molecule has 4 unspecified atom stereocenters. The van der Waals surface area contributed by atoms with Gasteiger partial charge in [0.1, 0.15) is 57.1 Å². The molecule has 488 valence electrons. The minimum atomic E-state index is -2.95. The fraction of sp³-hybridized carbons (Fsp3) is 0.684. The van der Waals surface area contributed by atoms with Gasteiger partial charge < -0.3 is 55.5 Å². The number of thiophene rings is 3. The van der Waals surface area contributed by atoms with Crippen LogP contribution in [0.5, 0.6) is 0 Å². The first-order chi connectivity index (χ1) is 41.4. The van der Waals surface area contributed by atoms with Crippen LogP contribution in [0.1, 0.15) is 142 Å². The molecule has 6 N–H and O–H groups in total. The van der Waals surface area contributed by atoms with Gasteiger partial charge in [-0.3, -0.25) is 43.0 Å². The Labute approximate surface area is 526 Å². The summed E-state index contributed by atoms with van der Waals surface area (Å²) in [5, 5.41) is 35.6. The zero-order valence-corrected chi connectivity index (χ0v) is 59.4. The van der Waals surface area contributed by atoms with E-state index >= 15 is 0 Å². The summed E-state index contributed by atoms with van der Waals surface area (Å²) in [7, 11) is -11.1. The lowest BCUT2D eigenvalue weighted by molar-refractivity contribution is -0.0583. The molecule has 0 aliphatic carbocycles. The Kier molecular flexibility index (Phi) is 20.9. The quantitative estimate of drug-likeness (QED) is 0.0627. The first-order valence-corrected chi connectivity index (χ1v) is 41.1. The SMILES string of the molecule is CC(C)[Si]1(C(C)C)OC[C@H]2O[C@@H](n3c(=O)[nH]c(=O)c4sccc43)C(O)C2O[Si](C(C)C)(C(C)C)O1.CC(C)[Si]1(C(C)C)OC[C@H]2O[C@@H](n3c(=O)[nH]c(=O)c4sccc43)CC2O[Si](C(C)C)(C(C)C)O1.O=c1[nH]c(=O)n([C@H]2CC(O)[C@@H](CO)O2)c2ccsc12. The highest BCUT2D eigenvalue weighted by Crippen LogP contribution is 2.51. The number of aromatic amines is 3. The Morgan fingerprint density at radius 1 is 0.489 bits per heavy atom. The van der Waals surface area contributed by atoms with Crippen molar-refractivity contribution in [3.63, 3.8) is 0 Å². The molecule has 0 bridgehead atoms. The summed E-state index contributed by atoms with van der Waals surface area (Å²) in [6.07, 6.45) is -6.11. The van der Waals surface area contributed by atoms with E-state index in [4.69, 9.17) is 45.3 Å². The number of nitrogens with one attached hydrogen (secondary N) is 3. The molecular formula is C57H88N6O18S3Si4. The van der Waals surface area contributed by atoms with Gasteiger partial charge in [-0.1, -0.05) is 111 Å². The smallest absolute Gasteiger partial charge is 0.335 e. The van der Waals surface area contributed by atoms with Gasteiger partial charge in [-0.05, 0) is 78.7 Å². The van der Waals surface area contributed by atoms with Crippen LogP contribution < -0.4 is 33.7 Å². The number of hydrogen-bond donors (Lipinski definition) is 6. The molecule has 0 spiro atoms. The van der Waals surface area contributed by atoms with Crippen LogP contribution in [0.3, 0.4) is 0 Å². The van der Waals surface area contributed by atoms with E-state index in [1.54, 1.807) is 33.5 Å². The second-order valence-corrected chi connectivity index (χ2v) is 46.5. The molecule has 31 heteroatoms. The summed E-state index contributed by atoms with van der Waals surface area (Å²) in [6.45, 7) is 34.8. The molecule has 5 fully saturated rings. The van der Waals surface area contributed by atoms with Crippen molar-refractivity contribution in [1.29, 1.82) is 0 Å². The van der Waals surface area contributed by atoms with Crippen LogP contribution in [0.4, 0.5) is 0 Å². The average molecular weight is 1350 g/mol. The van der Waals surface area contributed by atoms with Gasteiger partial charge in [0.2, 0.25) is 0 Å². The van der Waals surface area contributed by atoms with Gasteiger partial charge in [0.25, 0.3) is 16.7 Å². The van der Waals surface area contributed by atoms with Crippen LogP contribution in [0.15, 0.2) is 63.1 Å². The molecule has 24 nitrogen and oxygen atoms in total. The van der Waals surface area contributed by atoms with Crippen LogP contribution in [-0.4, -0.2) is 141 Å². The van der Waals surface area contributed by atoms with Gasteiger partial charge in [0.15, 0.2) is 6.23 Å². The third-order valence-corrected chi connectivity index (χ3v) is 41.3. The summed E-state index contributed by atoms with van der Waals surface area (Å²) in [5.74, 6) is 0. The van der Waals surface area contributed by atoms with E-state index in [0.717, 1.165) is 0 Å². The monoisotopic (exact) mass is 1350 g/mol. The molecule has 11 rings (SSSR count). The fourth-order valence-corrected chi connectivity index (χ4v) is 38.2. The maximum absolute atomic E-state index is 12.9. The maximum Gasteiger partial charge on any atom is 0.335 e.